The fourth-order valence-corrected chi connectivity index (χ4v) is 2.03. The molecule has 1 rings (SSSR count). The van der Waals surface area contributed by atoms with Crippen LogP contribution in [-0.4, -0.2) is 17.4 Å². The van der Waals surface area contributed by atoms with Crippen molar-refractivity contribution >= 4 is 33.6 Å². The molecule has 5 heteroatoms. The van der Waals surface area contributed by atoms with Crippen LogP contribution in [0, 0.1) is 11.3 Å². The summed E-state index contributed by atoms with van der Waals surface area (Å²) in [6, 6.07) is 9.81. The van der Waals surface area contributed by atoms with Gasteiger partial charge in [0, 0.05) is 4.47 Å². The van der Waals surface area contributed by atoms with Crippen molar-refractivity contribution in [3.05, 3.63) is 34.3 Å². The lowest BCUT2D eigenvalue weighted by atomic mass is 10.1. The van der Waals surface area contributed by atoms with Gasteiger partial charge in [0.25, 0.3) is 0 Å². The van der Waals surface area contributed by atoms with Gasteiger partial charge < -0.3 is 5.32 Å². The third-order valence-electron chi connectivity index (χ3n) is 2.15. The zero-order valence-corrected chi connectivity index (χ0v) is 11.8. The number of nitriles is 1. The van der Waals surface area contributed by atoms with Crippen molar-refractivity contribution in [3.8, 4) is 6.07 Å². The fourth-order valence-electron chi connectivity index (χ4n) is 1.31. The highest BCUT2D eigenvalue weighted by molar-refractivity contribution is 9.10. The molecule has 0 aliphatic carbocycles. The van der Waals surface area contributed by atoms with E-state index in [1.807, 2.05) is 37.3 Å². The summed E-state index contributed by atoms with van der Waals surface area (Å²) in [5.74, 6) is 0.634. The zero-order chi connectivity index (χ0) is 12.7. The number of benzene rings is 1. The molecule has 1 amide bonds. The molecule has 0 spiro atoms. The molecule has 0 saturated heterocycles. The van der Waals surface area contributed by atoms with Gasteiger partial charge in [-0.15, -0.1) is 11.8 Å². The number of halogens is 1. The summed E-state index contributed by atoms with van der Waals surface area (Å²) in [5.41, 5.74) is 1.06. The number of thioether (sulfide) groups is 1. The first-order valence-electron chi connectivity index (χ1n) is 5.13. The van der Waals surface area contributed by atoms with Crippen molar-refractivity contribution in [2.24, 2.45) is 0 Å². The number of carbonyl (C=O) groups excluding carboxylic acids is 1. The smallest absolute Gasteiger partial charge is 0.230 e. The molecular formula is C12H13BrN2OS. The van der Waals surface area contributed by atoms with Gasteiger partial charge >= 0.3 is 0 Å². The lowest BCUT2D eigenvalue weighted by molar-refractivity contribution is -0.119. The molecule has 1 aromatic carbocycles. The van der Waals surface area contributed by atoms with Crippen LogP contribution in [0.25, 0.3) is 0 Å². The molecule has 1 N–H and O–H groups in total. The van der Waals surface area contributed by atoms with E-state index in [1.165, 1.54) is 11.8 Å². The van der Waals surface area contributed by atoms with Gasteiger partial charge in [0.05, 0.1) is 23.6 Å². The highest BCUT2D eigenvalue weighted by Crippen LogP contribution is 2.16. The number of nitrogens with one attached hydrogen (secondary N) is 1. The standard InChI is InChI=1S/C12H13BrN2OS/c1-9(10-2-4-11(13)5-3-10)15-12(16)8-17-7-6-14/h2-5,9H,7-8H2,1H3,(H,15,16). The van der Waals surface area contributed by atoms with Crippen molar-refractivity contribution in [2.75, 3.05) is 11.5 Å². The van der Waals surface area contributed by atoms with Crippen LogP contribution in [-0.2, 0) is 4.79 Å². The Hall–Kier alpha value is -0.990. The van der Waals surface area contributed by atoms with Crippen LogP contribution in [0.5, 0.6) is 0 Å². The molecule has 0 heterocycles. The van der Waals surface area contributed by atoms with E-state index in [0.29, 0.717) is 11.5 Å². The van der Waals surface area contributed by atoms with Crippen LogP contribution in [0.3, 0.4) is 0 Å². The van der Waals surface area contributed by atoms with Crippen LogP contribution >= 0.6 is 27.7 Å². The lowest BCUT2D eigenvalue weighted by Gasteiger charge is -2.14. The fraction of sp³-hybridized carbons (Fsp3) is 0.333. The maximum Gasteiger partial charge on any atom is 0.230 e. The second-order valence-corrected chi connectivity index (χ2v) is 5.39. The Bertz CT molecular complexity index is 414. The summed E-state index contributed by atoms with van der Waals surface area (Å²) in [5, 5.41) is 11.2. The van der Waals surface area contributed by atoms with Crippen molar-refractivity contribution in [1.82, 2.24) is 5.32 Å². The van der Waals surface area contributed by atoms with Crippen LogP contribution in [0.15, 0.2) is 28.7 Å². The van der Waals surface area contributed by atoms with Crippen LogP contribution < -0.4 is 5.32 Å². The molecule has 0 radical (unpaired) electrons. The van der Waals surface area contributed by atoms with Gasteiger partial charge in [0.15, 0.2) is 0 Å². The molecule has 0 saturated carbocycles. The first-order valence-corrected chi connectivity index (χ1v) is 7.07. The number of carbonyl (C=O) groups is 1. The van der Waals surface area contributed by atoms with Gasteiger partial charge in [-0.25, -0.2) is 0 Å². The molecule has 0 fully saturated rings. The summed E-state index contributed by atoms with van der Waals surface area (Å²) >= 11 is 4.69. The topological polar surface area (TPSA) is 52.9 Å². The van der Waals surface area contributed by atoms with Gasteiger partial charge in [-0.3, -0.25) is 4.79 Å². The zero-order valence-electron chi connectivity index (χ0n) is 9.44. The van der Waals surface area contributed by atoms with E-state index < -0.39 is 0 Å². The minimum atomic E-state index is -0.0410. The average Bonchev–Trinajstić information content (AvgIpc) is 2.30. The second kappa shape index (κ2) is 7.36. The minimum Gasteiger partial charge on any atom is -0.349 e. The van der Waals surface area contributed by atoms with E-state index in [0.717, 1.165) is 10.0 Å². The normalized spacial score (nSPS) is 11.6. The molecular weight excluding hydrogens is 300 g/mol. The Morgan fingerprint density at radius 2 is 2.18 bits per heavy atom. The maximum absolute atomic E-state index is 11.5. The third-order valence-corrected chi connectivity index (χ3v) is 3.48. The highest BCUT2D eigenvalue weighted by Gasteiger charge is 2.09. The first-order chi connectivity index (χ1) is 8.13. The molecule has 0 aliphatic rings. The summed E-state index contributed by atoms with van der Waals surface area (Å²) in [6.07, 6.45) is 0. The molecule has 0 aliphatic heterocycles. The van der Waals surface area contributed by atoms with Gasteiger partial charge in [0.1, 0.15) is 0 Å². The summed E-state index contributed by atoms with van der Waals surface area (Å²) in [7, 11) is 0. The Labute approximate surface area is 114 Å². The lowest BCUT2D eigenvalue weighted by Crippen LogP contribution is -2.28. The summed E-state index contributed by atoms with van der Waals surface area (Å²) in [4.78, 5) is 11.5. The molecule has 3 nitrogen and oxygen atoms in total. The molecule has 17 heavy (non-hydrogen) atoms. The number of nitrogens with zero attached hydrogens (tertiary/aromatic N) is 1. The summed E-state index contributed by atoms with van der Waals surface area (Å²) in [6.45, 7) is 1.94. The van der Waals surface area contributed by atoms with Gasteiger partial charge in [0.2, 0.25) is 5.91 Å². The van der Waals surface area contributed by atoms with Crippen LogP contribution in [0.2, 0.25) is 0 Å². The number of hydrogen-bond acceptors (Lipinski definition) is 3. The van der Waals surface area contributed by atoms with Crippen molar-refractivity contribution < 1.29 is 4.79 Å². The van der Waals surface area contributed by atoms with Crippen molar-refractivity contribution in [3.63, 3.8) is 0 Å². The first kappa shape index (κ1) is 14.1. The molecule has 1 atom stereocenters. The Morgan fingerprint density at radius 1 is 1.53 bits per heavy atom. The van der Waals surface area contributed by atoms with Crippen molar-refractivity contribution in [2.45, 2.75) is 13.0 Å². The van der Waals surface area contributed by atoms with Gasteiger partial charge in [-0.1, -0.05) is 28.1 Å². The van der Waals surface area contributed by atoms with E-state index in [-0.39, 0.29) is 11.9 Å². The average molecular weight is 313 g/mol. The largest absolute Gasteiger partial charge is 0.349 e. The highest BCUT2D eigenvalue weighted by atomic mass is 79.9. The van der Waals surface area contributed by atoms with E-state index in [1.54, 1.807) is 0 Å². The Kier molecular flexibility index (Phi) is 6.09. The quantitative estimate of drug-likeness (QED) is 0.851. The molecule has 1 unspecified atom stereocenters. The Morgan fingerprint density at radius 3 is 2.76 bits per heavy atom. The number of hydrogen-bond donors (Lipinski definition) is 1. The van der Waals surface area contributed by atoms with Gasteiger partial charge in [-0.2, -0.15) is 5.26 Å². The SMILES string of the molecule is CC(NC(=O)CSCC#N)c1ccc(Br)cc1. The van der Waals surface area contributed by atoms with Gasteiger partial charge in [-0.05, 0) is 24.6 Å². The number of rotatable bonds is 5. The van der Waals surface area contributed by atoms with E-state index in [4.69, 9.17) is 5.26 Å². The monoisotopic (exact) mass is 312 g/mol. The summed E-state index contributed by atoms with van der Waals surface area (Å²) < 4.78 is 1.02. The molecule has 90 valence electrons. The van der Waals surface area contributed by atoms with E-state index >= 15 is 0 Å². The molecule has 0 aromatic heterocycles. The van der Waals surface area contributed by atoms with Crippen molar-refractivity contribution in [1.29, 1.82) is 5.26 Å². The Balaban J connectivity index is 2.43. The van der Waals surface area contributed by atoms with E-state index in [9.17, 15) is 4.79 Å². The van der Waals surface area contributed by atoms with Crippen LogP contribution in [0.4, 0.5) is 0 Å². The minimum absolute atomic E-state index is 0.0155. The second-order valence-electron chi connectivity index (χ2n) is 3.49. The maximum atomic E-state index is 11.5. The third kappa shape index (κ3) is 5.24. The predicted molar refractivity (Wildman–Crippen MR) is 73.6 cm³/mol. The predicted octanol–water partition coefficient (Wildman–Crippen LogP) is 2.88. The van der Waals surface area contributed by atoms with Crippen LogP contribution in [0.1, 0.15) is 18.5 Å². The molecule has 1 aromatic rings. The molecule has 0 bridgehead atoms. The number of amides is 1. The van der Waals surface area contributed by atoms with E-state index in [2.05, 4.69) is 21.2 Å².